The first-order valence-electron chi connectivity index (χ1n) is 7.44. The number of hydrogen-bond donors (Lipinski definition) is 1. The molecular weight excluding hydrogens is 317 g/mol. The Bertz CT molecular complexity index is 684. The minimum atomic E-state index is -0.230. The Morgan fingerprint density at radius 3 is 2.30 bits per heavy atom. The molecule has 23 heavy (non-hydrogen) atoms. The largest absolute Gasteiger partial charge is 0.366 e. The van der Waals surface area contributed by atoms with Crippen LogP contribution in [0.2, 0.25) is 5.02 Å². The van der Waals surface area contributed by atoms with Crippen LogP contribution in [0, 0.1) is 5.82 Å². The van der Waals surface area contributed by atoms with Gasteiger partial charge in [-0.05, 0) is 36.4 Å². The molecule has 1 fully saturated rings. The van der Waals surface area contributed by atoms with Crippen molar-refractivity contribution in [3.8, 4) is 0 Å². The van der Waals surface area contributed by atoms with Gasteiger partial charge in [0.25, 0.3) is 0 Å². The van der Waals surface area contributed by atoms with Crippen LogP contribution in [0.4, 0.5) is 20.6 Å². The molecule has 1 aliphatic heterocycles. The maximum atomic E-state index is 13.8. The van der Waals surface area contributed by atoms with Crippen molar-refractivity contribution in [2.45, 2.75) is 0 Å². The molecule has 4 nitrogen and oxygen atoms in total. The Hall–Kier alpha value is -2.27. The van der Waals surface area contributed by atoms with E-state index >= 15 is 0 Å². The van der Waals surface area contributed by atoms with Crippen LogP contribution in [0.25, 0.3) is 0 Å². The predicted molar refractivity (Wildman–Crippen MR) is 90.7 cm³/mol. The third-order valence-electron chi connectivity index (χ3n) is 3.86. The molecule has 0 aromatic heterocycles. The number of hydrogen-bond acceptors (Lipinski definition) is 2. The van der Waals surface area contributed by atoms with Gasteiger partial charge in [-0.3, -0.25) is 0 Å². The van der Waals surface area contributed by atoms with Gasteiger partial charge in [-0.15, -0.1) is 0 Å². The van der Waals surface area contributed by atoms with Gasteiger partial charge in [0.05, 0.1) is 5.69 Å². The summed E-state index contributed by atoms with van der Waals surface area (Å²) >= 11 is 5.82. The van der Waals surface area contributed by atoms with E-state index in [-0.39, 0.29) is 11.8 Å². The molecule has 0 radical (unpaired) electrons. The molecule has 2 aromatic carbocycles. The zero-order valence-corrected chi connectivity index (χ0v) is 13.3. The monoisotopic (exact) mass is 333 g/mol. The summed E-state index contributed by atoms with van der Waals surface area (Å²) in [6, 6.07) is 13.5. The van der Waals surface area contributed by atoms with Crippen molar-refractivity contribution in [3.05, 3.63) is 59.4 Å². The van der Waals surface area contributed by atoms with Crippen LogP contribution < -0.4 is 10.2 Å². The molecule has 1 aliphatic rings. The van der Waals surface area contributed by atoms with Gasteiger partial charge in [0, 0.05) is 36.9 Å². The Morgan fingerprint density at radius 2 is 1.65 bits per heavy atom. The van der Waals surface area contributed by atoms with Crippen molar-refractivity contribution >= 4 is 29.0 Å². The van der Waals surface area contributed by atoms with E-state index in [2.05, 4.69) is 5.32 Å². The third-order valence-corrected chi connectivity index (χ3v) is 4.11. The Labute approximate surface area is 139 Å². The predicted octanol–water partition coefficient (Wildman–Crippen LogP) is 3.83. The van der Waals surface area contributed by atoms with Crippen LogP contribution in [0.15, 0.2) is 48.5 Å². The van der Waals surface area contributed by atoms with Crippen molar-refractivity contribution < 1.29 is 9.18 Å². The van der Waals surface area contributed by atoms with E-state index in [1.165, 1.54) is 6.07 Å². The number of carbonyl (C=O) groups excluding carboxylic acids is 1. The number of piperazine rings is 1. The minimum absolute atomic E-state index is 0.152. The molecule has 1 saturated heterocycles. The number of nitrogens with one attached hydrogen (secondary N) is 1. The number of benzene rings is 2. The van der Waals surface area contributed by atoms with Crippen LogP contribution in [0.3, 0.4) is 0 Å². The number of para-hydroxylation sites is 1. The summed E-state index contributed by atoms with van der Waals surface area (Å²) in [5.41, 5.74) is 1.29. The smallest absolute Gasteiger partial charge is 0.321 e. The first-order chi connectivity index (χ1) is 11.1. The van der Waals surface area contributed by atoms with Gasteiger partial charge in [-0.1, -0.05) is 23.7 Å². The van der Waals surface area contributed by atoms with Crippen LogP contribution in [0.5, 0.6) is 0 Å². The first-order valence-corrected chi connectivity index (χ1v) is 7.82. The number of urea groups is 1. The Balaban J connectivity index is 1.57. The molecule has 0 atom stereocenters. The summed E-state index contributed by atoms with van der Waals surface area (Å²) in [7, 11) is 0. The van der Waals surface area contributed by atoms with Crippen molar-refractivity contribution in [2.24, 2.45) is 0 Å². The lowest BCUT2D eigenvalue weighted by atomic mass is 10.2. The summed E-state index contributed by atoms with van der Waals surface area (Å²) in [5, 5.41) is 3.47. The number of nitrogens with zero attached hydrogens (tertiary/aromatic N) is 2. The molecule has 3 rings (SSSR count). The van der Waals surface area contributed by atoms with Crippen molar-refractivity contribution in [1.29, 1.82) is 0 Å². The quantitative estimate of drug-likeness (QED) is 0.906. The molecule has 6 heteroatoms. The third kappa shape index (κ3) is 3.74. The van der Waals surface area contributed by atoms with Crippen molar-refractivity contribution in [1.82, 2.24) is 4.90 Å². The molecule has 1 N–H and O–H groups in total. The molecule has 0 aliphatic carbocycles. The molecule has 2 aromatic rings. The van der Waals surface area contributed by atoms with Gasteiger partial charge >= 0.3 is 6.03 Å². The fraction of sp³-hybridized carbons (Fsp3) is 0.235. The van der Waals surface area contributed by atoms with E-state index in [1.54, 1.807) is 41.3 Å². The number of amides is 2. The maximum absolute atomic E-state index is 13.8. The van der Waals surface area contributed by atoms with E-state index in [4.69, 9.17) is 11.6 Å². The number of rotatable bonds is 2. The molecular formula is C17H17ClFN3O. The van der Waals surface area contributed by atoms with E-state index in [0.29, 0.717) is 42.6 Å². The van der Waals surface area contributed by atoms with Crippen LogP contribution in [-0.4, -0.2) is 37.1 Å². The maximum Gasteiger partial charge on any atom is 0.321 e. The molecule has 2 amide bonds. The standard InChI is InChI=1S/C17H17ClFN3O/c18-13-5-7-14(8-6-13)20-17(23)22-11-9-21(10-12-22)16-4-2-1-3-15(16)19/h1-8H,9-12H2,(H,20,23). The summed E-state index contributed by atoms with van der Waals surface area (Å²) in [6.07, 6.45) is 0. The lowest BCUT2D eigenvalue weighted by Crippen LogP contribution is -2.50. The molecule has 1 heterocycles. The van der Waals surface area contributed by atoms with E-state index in [9.17, 15) is 9.18 Å². The highest BCUT2D eigenvalue weighted by Crippen LogP contribution is 2.20. The summed E-state index contributed by atoms with van der Waals surface area (Å²) in [5.74, 6) is -0.230. The normalized spacial score (nSPS) is 14.7. The molecule has 0 saturated carbocycles. The van der Waals surface area contributed by atoms with Gasteiger partial charge in [-0.2, -0.15) is 0 Å². The zero-order valence-electron chi connectivity index (χ0n) is 12.5. The fourth-order valence-corrected chi connectivity index (χ4v) is 2.72. The highest BCUT2D eigenvalue weighted by Gasteiger charge is 2.22. The van der Waals surface area contributed by atoms with Gasteiger partial charge in [0.2, 0.25) is 0 Å². The fourth-order valence-electron chi connectivity index (χ4n) is 2.59. The van der Waals surface area contributed by atoms with Crippen molar-refractivity contribution in [3.63, 3.8) is 0 Å². The molecule has 0 unspecified atom stereocenters. The number of carbonyl (C=O) groups is 1. The SMILES string of the molecule is O=C(Nc1ccc(Cl)cc1)N1CCN(c2ccccc2F)CC1. The average Bonchev–Trinajstić information content (AvgIpc) is 2.57. The molecule has 0 bridgehead atoms. The number of anilines is 2. The van der Waals surface area contributed by atoms with Crippen LogP contribution >= 0.6 is 11.6 Å². The average molecular weight is 334 g/mol. The summed E-state index contributed by atoms with van der Waals surface area (Å²) < 4.78 is 13.8. The summed E-state index contributed by atoms with van der Waals surface area (Å²) in [4.78, 5) is 15.9. The zero-order chi connectivity index (χ0) is 16.2. The van der Waals surface area contributed by atoms with Crippen LogP contribution in [0.1, 0.15) is 0 Å². The Kier molecular flexibility index (Phi) is 4.67. The van der Waals surface area contributed by atoms with Crippen LogP contribution in [-0.2, 0) is 0 Å². The topological polar surface area (TPSA) is 35.6 Å². The van der Waals surface area contributed by atoms with Gasteiger partial charge in [0.15, 0.2) is 0 Å². The van der Waals surface area contributed by atoms with E-state index in [1.807, 2.05) is 11.0 Å². The minimum Gasteiger partial charge on any atom is -0.366 e. The second kappa shape index (κ2) is 6.87. The second-order valence-corrected chi connectivity index (χ2v) is 5.80. The van der Waals surface area contributed by atoms with E-state index in [0.717, 1.165) is 0 Å². The van der Waals surface area contributed by atoms with Crippen molar-refractivity contribution in [2.75, 3.05) is 36.4 Å². The van der Waals surface area contributed by atoms with Gasteiger partial charge < -0.3 is 15.1 Å². The lowest BCUT2D eigenvalue weighted by Gasteiger charge is -2.36. The van der Waals surface area contributed by atoms with Gasteiger partial charge in [0.1, 0.15) is 5.82 Å². The van der Waals surface area contributed by atoms with Gasteiger partial charge in [-0.25, -0.2) is 9.18 Å². The van der Waals surface area contributed by atoms with E-state index < -0.39 is 0 Å². The second-order valence-electron chi connectivity index (χ2n) is 5.36. The highest BCUT2D eigenvalue weighted by atomic mass is 35.5. The number of halogens is 2. The Morgan fingerprint density at radius 1 is 1.00 bits per heavy atom. The lowest BCUT2D eigenvalue weighted by molar-refractivity contribution is 0.208. The summed E-state index contributed by atoms with van der Waals surface area (Å²) in [6.45, 7) is 2.31. The molecule has 0 spiro atoms. The highest BCUT2D eigenvalue weighted by molar-refractivity contribution is 6.30. The molecule has 120 valence electrons. The first kappa shape index (κ1) is 15.6.